The first-order valence-corrected chi connectivity index (χ1v) is 5.15. The lowest BCUT2D eigenvalue weighted by Crippen LogP contribution is -1.79. The summed E-state index contributed by atoms with van der Waals surface area (Å²) in [4.78, 5) is 4.26. The van der Waals surface area contributed by atoms with Gasteiger partial charge in [-0.15, -0.1) is 0 Å². The van der Waals surface area contributed by atoms with Gasteiger partial charge in [0.15, 0.2) is 0 Å². The third-order valence-electron chi connectivity index (χ3n) is 2.37. The second kappa shape index (κ2) is 4.62. The summed E-state index contributed by atoms with van der Waals surface area (Å²) in [5, 5.41) is 9.76. The minimum absolute atomic E-state index is 0.245. The first-order chi connectivity index (χ1) is 7.77. The number of aromatic hydroxyl groups is 1. The van der Waals surface area contributed by atoms with E-state index in [0.29, 0.717) is 5.69 Å². The average molecular weight is 211 g/mol. The third-order valence-corrected chi connectivity index (χ3v) is 2.37. The average Bonchev–Trinajstić information content (AvgIpc) is 2.32. The smallest absolute Gasteiger partial charge is 0.144 e. The summed E-state index contributed by atoms with van der Waals surface area (Å²) in [6, 6.07) is 15.3. The number of nitrogens with zero attached hydrogens (tertiary/aromatic N) is 1. The molecule has 0 heterocycles. The summed E-state index contributed by atoms with van der Waals surface area (Å²) >= 11 is 0. The summed E-state index contributed by atoms with van der Waals surface area (Å²) in [6.07, 6.45) is 1.74. The van der Waals surface area contributed by atoms with E-state index in [1.165, 1.54) is 0 Å². The highest BCUT2D eigenvalue weighted by atomic mass is 16.3. The van der Waals surface area contributed by atoms with E-state index in [9.17, 15) is 5.11 Å². The van der Waals surface area contributed by atoms with Crippen molar-refractivity contribution in [2.75, 3.05) is 0 Å². The quantitative estimate of drug-likeness (QED) is 0.758. The summed E-state index contributed by atoms with van der Waals surface area (Å²) in [6.45, 7) is 1.86. The van der Waals surface area contributed by atoms with Crippen LogP contribution in [0, 0.1) is 6.92 Å². The molecule has 2 nitrogen and oxygen atoms in total. The highest BCUT2D eigenvalue weighted by Crippen LogP contribution is 2.28. The van der Waals surface area contributed by atoms with Gasteiger partial charge >= 0.3 is 0 Å². The van der Waals surface area contributed by atoms with Crippen molar-refractivity contribution < 1.29 is 5.11 Å². The van der Waals surface area contributed by atoms with Crippen molar-refractivity contribution in [3.8, 4) is 5.75 Å². The SMILES string of the molecule is Cc1cccc(N=Cc2ccccc2)c1O. The zero-order chi connectivity index (χ0) is 11.4. The van der Waals surface area contributed by atoms with Crippen molar-refractivity contribution in [2.45, 2.75) is 6.92 Å². The molecule has 1 N–H and O–H groups in total. The number of rotatable bonds is 2. The number of aliphatic imine (C=N–C) groups is 1. The van der Waals surface area contributed by atoms with E-state index in [1.807, 2.05) is 49.4 Å². The molecule has 16 heavy (non-hydrogen) atoms. The molecule has 0 bridgehead atoms. The maximum Gasteiger partial charge on any atom is 0.144 e. The number of phenolic OH excluding ortho intramolecular Hbond substituents is 1. The normalized spacial score (nSPS) is 10.8. The molecule has 0 aliphatic rings. The zero-order valence-corrected chi connectivity index (χ0v) is 9.09. The highest BCUT2D eigenvalue weighted by Gasteiger charge is 2.00. The Labute approximate surface area is 94.9 Å². The molecule has 2 rings (SSSR count). The van der Waals surface area contributed by atoms with Crippen molar-refractivity contribution in [1.82, 2.24) is 0 Å². The van der Waals surface area contributed by atoms with Gasteiger partial charge < -0.3 is 5.11 Å². The molecular weight excluding hydrogens is 198 g/mol. The Morgan fingerprint density at radius 1 is 1.00 bits per heavy atom. The molecule has 0 spiro atoms. The van der Waals surface area contributed by atoms with Crippen molar-refractivity contribution in [1.29, 1.82) is 0 Å². The monoisotopic (exact) mass is 211 g/mol. The van der Waals surface area contributed by atoms with E-state index in [4.69, 9.17) is 0 Å². The molecule has 0 unspecified atom stereocenters. The van der Waals surface area contributed by atoms with E-state index < -0.39 is 0 Å². The van der Waals surface area contributed by atoms with Crippen LogP contribution in [-0.2, 0) is 0 Å². The molecule has 0 fully saturated rings. The predicted octanol–water partition coefficient (Wildman–Crippen LogP) is 3.45. The summed E-state index contributed by atoms with van der Waals surface area (Å²) in [5.74, 6) is 0.245. The second-order valence-corrected chi connectivity index (χ2v) is 3.61. The van der Waals surface area contributed by atoms with Gasteiger partial charge in [-0.05, 0) is 24.1 Å². The highest BCUT2D eigenvalue weighted by molar-refractivity contribution is 5.82. The fourth-order valence-electron chi connectivity index (χ4n) is 1.43. The van der Waals surface area contributed by atoms with E-state index in [0.717, 1.165) is 11.1 Å². The van der Waals surface area contributed by atoms with Gasteiger partial charge in [-0.3, -0.25) is 4.99 Å². The van der Waals surface area contributed by atoms with Gasteiger partial charge in [0.1, 0.15) is 11.4 Å². The Hall–Kier alpha value is -2.09. The van der Waals surface area contributed by atoms with Crippen molar-refractivity contribution >= 4 is 11.9 Å². The fourth-order valence-corrected chi connectivity index (χ4v) is 1.43. The summed E-state index contributed by atoms with van der Waals surface area (Å²) in [5.41, 5.74) is 2.45. The first-order valence-electron chi connectivity index (χ1n) is 5.15. The van der Waals surface area contributed by atoms with Gasteiger partial charge in [0, 0.05) is 6.21 Å². The maximum absolute atomic E-state index is 9.76. The molecule has 2 aromatic carbocycles. The summed E-state index contributed by atoms with van der Waals surface area (Å²) in [7, 11) is 0. The second-order valence-electron chi connectivity index (χ2n) is 3.61. The van der Waals surface area contributed by atoms with Crippen LogP contribution in [0.3, 0.4) is 0 Å². The minimum atomic E-state index is 0.245. The third kappa shape index (κ3) is 2.28. The topological polar surface area (TPSA) is 32.6 Å². The first kappa shape index (κ1) is 10.4. The van der Waals surface area contributed by atoms with Crippen LogP contribution in [0.2, 0.25) is 0 Å². The van der Waals surface area contributed by atoms with Gasteiger partial charge in [0.05, 0.1) is 0 Å². The van der Waals surface area contributed by atoms with Gasteiger partial charge in [-0.1, -0.05) is 42.5 Å². The Balaban J connectivity index is 2.28. The Bertz CT molecular complexity index is 503. The van der Waals surface area contributed by atoms with E-state index in [1.54, 1.807) is 12.3 Å². The van der Waals surface area contributed by atoms with E-state index >= 15 is 0 Å². The lowest BCUT2D eigenvalue weighted by atomic mass is 10.2. The molecule has 0 amide bonds. The Morgan fingerprint density at radius 2 is 1.75 bits per heavy atom. The van der Waals surface area contributed by atoms with Crippen LogP contribution in [0.15, 0.2) is 53.5 Å². The van der Waals surface area contributed by atoms with E-state index in [2.05, 4.69) is 4.99 Å². The van der Waals surface area contributed by atoms with Crippen LogP contribution < -0.4 is 0 Å². The van der Waals surface area contributed by atoms with Crippen molar-refractivity contribution in [3.63, 3.8) is 0 Å². The molecule has 0 atom stereocenters. The molecule has 0 saturated carbocycles. The van der Waals surface area contributed by atoms with Crippen LogP contribution in [0.4, 0.5) is 5.69 Å². The molecule has 2 heteroatoms. The Morgan fingerprint density at radius 3 is 2.50 bits per heavy atom. The predicted molar refractivity (Wildman–Crippen MR) is 66.5 cm³/mol. The lowest BCUT2D eigenvalue weighted by molar-refractivity contribution is 0.473. The number of para-hydroxylation sites is 1. The van der Waals surface area contributed by atoms with Crippen molar-refractivity contribution in [2.24, 2.45) is 4.99 Å². The number of hydrogen-bond donors (Lipinski definition) is 1. The molecule has 0 radical (unpaired) electrons. The minimum Gasteiger partial charge on any atom is -0.505 e. The molecule has 80 valence electrons. The van der Waals surface area contributed by atoms with Gasteiger partial charge in [0.2, 0.25) is 0 Å². The fraction of sp³-hybridized carbons (Fsp3) is 0.0714. The number of phenols is 1. The largest absolute Gasteiger partial charge is 0.505 e. The molecule has 0 aliphatic carbocycles. The van der Waals surface area contributed by atoms with Crippen LogP contribution in [0.1, 0.15) is 11.1 Å². The standard InChI is InChI=1S/C14H13NO/c1-11-6-5-9-13(14(11)16)15-10-12-7-3-2-4-8-12/h2-10,16H,1H3. The van der Waals surface area contributed by atoms with Crippen LogP contribution >= 0.6 is 0 Å². The number of aryl methyl sites for hydroxylation is 1. The lowest BCUT2D eigenvalue weighted by Gasteiger charge is -2.01. The van der Waals surface area contributed by atoms with Gasteiger partial charge in [-0.25, -0.2) is 0 Å². The van der Waals surface area contributed by atoms with E-state index in [-0.39, 0.29) is 5.75 Å². The van der Waals surface area contributed by atoms with Crippen LogP contribution in [-0.4, -0.2) is 11.3 Å². The molecular formula is C14H13NO. The van der Waals surface area contributed by atoms with Gasteiger partial charge in [0.25, 0.3) is 0 Å². The van der Waals surface area contributed by atoms with Crippen LogP contribution in [0.25, 0.3) is 0 Å². The van der Waals surface area contributed by atoms with Crippen molar-refractivity contribution in [3.05, 3.63) is 59.7 Å². The molecule has 0 aromatic heterocycles. The number of benzene rings is 2. The summed E-state index contributed by atoms with van der Waals surface area (Å²) < 4.78 is 0. The molecule has 2 aromatic rings. The maximum atomic E-state index is 9.76. The Kier molecular flexibility index (Phi) is 3.01. The zero-order valence-electron chi connectivity index (χ0n) is 9.09. The van der Waals surface area contributed by atoms with Gasteiger partial charge in [-0.2, -0.15) is 0 Å². The molecule has 0 saturated heterocycles. The van der Waals surface area contributed by atoms with Crippen LogP contribution in [0.5, 0.6) is 5.75 Å². The molecule has 0 aliphatic heterocycles. The number of hydrogen-bond acceptors (Lipinski definition) is 2.